The fourth-order valence-electron chi connectivity index (χ4n) is 2.76. The number of hydrogen-bond acceptors (Lipinski definition) is 5. The monoisotopic (exact) mass is 404 g/mol. The number of rotatable bonds is 5. The highest BCUT2D eigenvalue weighted by Crippen LogP contribution is 2.20. The van der Waals surface area contributed by atoms with Crippen LogP contribution in [0.4, 0.5) is 0 Å². The number of ketones is 1. The molecule has 0 aliphatic carbocycles. The van der Waals surface area contributed by atoms with Crippen LogP contribution >= 0.6 is 11.3 Å². The second kappa shape index (κ2) is 8.16. The van der Waals surface area contributed by atoms with Crippen LogP contribution in [0.5, 0.6) is 0 Å². The first-order valence-electron chi connectivity index (χ1n) is 8.50. The van der Waals surface area contributed by atoms with Crippen molar-refractivity contribution in [3.05, 3.63) is 63.2 Å². The summed E-state index contributed by atoms with van der Waals surface area (Å²) in [6, 6.07) is 12.5. The Hall–Kier alpha value is -2.29. The van der Waals surface area contributed by atoms with Crippen molar-refractivity contribution >= 4 is 39.1 Å². The maximum Gasteiger partial charge on any atom is 0.264 e. The summed E-state index contributed by atoms with van der Waals surface area (Å²) in [6.07, 6.45) is 1.57. The molecule has 1 fully saturated rings. The van der Waals surface area contributed by atoms with Gasteiger partial charge in [0.25, 0.3) is 5.91 Å². The fourth-order valence-corrected chi connectivity index (χ4v) is 4.80. The molecule has 0 atom stereocenters. The molecular formula is C19H20N2O4S2. The molecule has 0 N–H and O–H groups in total. The first-order chi connectivity index (χ1) is 12.9. The number of nitrogens with zero attached hydrogens (tertiary/aromatic N) is 2. The second-order valence-corrected chi connectivity index (χ2v) is 9.07. The first kappa shape index (κ1) is 19.5. The molecule has 0 radical (unpaired) electrons. The Morgan fingerprint density at radius 3 is 2.19 bits per heavy atom. The number of sulfonamides is 1. The Labute approximate surface area is 162 Å². The van der Waals surface area contributed by atoms with Crippen LogP contribution in [0.1, 0.15) is 31.8 Å². The summed E-state index contributed by atoms with van der Waals surface area (Å²) in [6.45, 7) is 2.61. The molecule has 8 heteroatoms. The second-order valence-electron chi connectivity index (χ2n) is 6.17. The normalized spacial score (nSPS) is 16.0. The number of carbonyl (C=O) groups is 2. The van der Waals surface area contributed by atoms with E-state index in [2.05, 4.69) is 0 Å². The lowest BCUT2D eigenvalue weighted by atomic mass is 10.2. The van der Waals surface area contributed by atoms with E-state index < -0.39 is 10.0 Å². The maximum absolute atomic E-state index is 12.5. The van der Waals surface area contributed by atoms with Gasteiger partial charge in [-0.3, -0.25) is 9.59 Å². The van der Waals surface area contributed by atoms with E-state index in [-0.39, 0.29) is 24.8 Å². The number of hydrogen-bond donors (Lipinski definition) is 0. The molecule has 2 heterocycles. The third-order valence-electron chi connectivity index (χ3n) is 4.28. The SMILES string of the molecule is CC(=O)c1ccc(C(=O)N2CCN(S(=O)(=O)/C=C/c3ccccc3)CC2)s1. The van der Waals surface area contributed by atoms with Gasteiger partial charge in [-0.25, -0.2) is 8.42 Å². The van der Waals surface area contributed by atoms with Crippen molar-refractivity contribution in [1.82, 2.24) is 9.21 Å². The summed E-state index contributed by atoms with van der Waals surface area (Å²) < 4.78 is 26.3. The van der Waals surface area contributed by atoms with Crippen LogP contribution in [0.3, 0.4) is 0 Å². The summed E-state index contributed by atoms with van der Waals surface area (Å²) >= 11 is 1.17. The number of Topliss-reactive ketones (excluding diaryl/α,β-unsaturated/α-hetero) is 1. The van der Waals surface area contributed by atoms with E-state index in [9.17, 15) is 18.0 Å². The predicted octanol–water partition coefficient (Wildman–Crippen LogP) is 2.71. The summed E-state index contributed by atoms with van der Waals surface area (Å²) in [5.41, 5.74) is 0.814. The molecule has 1 saturated heterocycles. The van der Waals surface area contributed by atoms with E-state index in [1.165, 1.54) is 28.0 Å². The first-order valence-corrected chi connectivity index (χ1v) is 10.8. The van der Waals surface area contributed by atoms with E-state index >= 15 is 0 Å². The number of piperazine rings is 1. The minimum absolute atomic E-state index is 0.0693. The quantitative estimate of drug-likeness (QED) is 0.718. The van der Waals surface area contributed by atoms with Crippen molar-refractivity contribution in [2.45, 2.75) is 6.92 Å². The Morgan fingerprint density at radius 2 is 1.59 bits per heavy atom. The van der Waals surface area contributed by atoms with Gasteiger partial charge in [-0.1, -0.05) is 30.3 Å². The fraction of sp³-hybridized carbons (Fsp3) is 0.263. The number of benzene rings is 1. The molecule has 1 aliphatic rings. The third kappa shape index (κ3) is 4.71. The molecule has 0 unspecified atom stereocenters. The van der Waals surface area contributed by atoms with Crippen molar-refractivity contribution in [2.75, 3.05) is 26.2 Å². The predicted molar refractivity (Wildman–Crippen MR) is 106 cm³/mol. The minimum Gasteiger partial charge on any atom is -0.335 e. The zero-order valence-electron chi connectivity index (χ0n) is 14.9. The van der Waals surface area contributed by atoms with Crippen molar-refractivity contribution < 1.29 is 18.0 Å². The van der Waals surface area contributed by atoms with E-state index in [0.717, 1.165) is 5.56 Å². The van der Waals surface area contributed by atoms with Crippen LogP contribution in [0.25, 0.3) is 6.08 Å². The van der Waals surface area contributed by atoms with E-state index in [1.807, 2.05) is 30.3 Å². The van der Waals surface area contributed by atoms with Crippen molar-refractivity contribution in [3.8, 4) is 0 Å². The molecular weight excluding hydrogens is 384 g/mol. The molecule has 3 rings (SSSR count). The molecule has 1 aromatic heterocycles. The zero-order chi connectivity index (χ0) is 19.4. The van der Waals surface area contributed by atoms with E-state index in [1.54, 1.807) is 23.1 Å². The van der Waals surface area contributed by atoms with Crippen molar-refractivity contribution in [3.63, 3.8) is 0 Å². The van der Waals surface area contributed by atoms with Gasteiger partial charge in [-0.2, -0.15) is 4.31 Å². The summed E-state index contributed by atoms with van der Waals surface area (Å²) in [4.78, 5) is 26.6. The van der Waals surface area contributed by atoms with Crippen LogP contribution in [0.15, 0.2) is 47.9 Å². The summed E-state index contributed by atoms with van der Waals surface area (Å²) in [5, 5.41) is 1.21. The molecule has 1 aromatic carbocycles. The van der Waals surface area contributed by atoms with E-state index in [0.29, 0.717) is 22.8 Å². The van der Waals surface area contributed by atoms with Gasteiger partial charge >= 0.3 is 0 Å². The Kier molecular flexibility index (Phi) is 5.88. The highest BCUT2D eigenvalue weighted by Gasteiger charge is 2.28. The summed E-state index contributed by atoms with van der Waals surface area (Å²) in [5.74, 6) is -0.232. The minimum atomic E-state index is -3.53. The molecule has 142 valence electrons. The van der Waals surface area contributed by atoms with Crippen LogP contribution in [-0.4, -0.2) is 55.5 Å². The van der Waals surface area contributed by atoms with Gasteiger partial charge in [0.1, 0.15) is 0 Å². The van der Waals surface area contributed by atoms with Gasteiger partial charge in [-0.15, -0.1) is 11.3 Å². The van der Waals surface area contributed by atoms with Crippen molar-refractivity contribution in [1.29, 1.82) is 0 Å². The van der Waals surface area contributed by atoms with E-state index in [4.69, 9.17) is 0 Å². The van der Waals surface area contributed by atoms with Gasteiger partial charge in [0.15, 0.2) is 5.78 Å². The average molecular weight is 405 g/mol. The lowest BCUT2D eigenvalue weighted by molar-refractivity contribution is 0.0703. The largest absolute Gasteiger partial charge is 0.335 e. The Bertz CT molecular complexity index is 957. The third-order valence-corrected chi connectivity index (χ3v) is 7.02. The molecule has 1 aliphatic heterocycles. The lowest BCUT2D eigenvalue weighted by Crippen LogP contribution is -2.49. The molecule has 0 bridgehead atoms. The smallest absolute Gasteiger partial charge is 0.264 e. The molecule has 2 aromatic rings. The average Bonchev–Trinajstić information content (AvgIpc) is 3.17. The number of thiophene rings is 1. The molecule has 0 spiro atoms. The van der Waals surface area contributed by atoms with Crippen molar-refractivity contribution in [2.24, 2.45) is 0 Å². The van der Waals surface area contributed by atoms with Crippen LogP contribution in [0.2, 0.25) is 0 Å². The van der Waals surface area contributed by atoms with Gasteiger partial charge in [0.05, 0.1) is 9.75 Å². The van der Waals surface area contributed by atoms with Gasteiger partial charge < -0.3 is 4.90 Å². The topological polar surface area (TPSA) is 74.8 Å². The molecule has 27 heavy (non-hydrogen) atoms. The summed E-state index contributed by atoms with van der Waals surface area (Å²) in [7, 11) is -3.53. The van der Waals surface area contributed by atoms with Crippen LogP contribution in [0, 0.1) is 0 Å². The highest BCUT2D eigenvalue weighted by molar-refractivity contribution is 7.92. The number of amides is 1. The zero-order valence-corrected chi connectivity index (χ0v) is 16.5. The molecule has 1 amide bonds. The molecule has 6 nitrogen and oxygen atoms in total. The molecule has 0 saturated carbocycles. The van der Waals surface area contributed by atoms with Gasteiger partial charge in [0.2, 0.25) is 10.0 Å². The standard InChI is InChI=1S/C19H20N2O4S2/c1-15(22)17-7-8-18(26-17)19(23)20-10-12-21(13-11-20)27(24,25)14-9-16-5-3-2-4-6-16/h2-9,14H,10-13H2,1H3/b14-9+. The van der Waals surface area contributed by atoms with Crippen LogP contribution in [-0.2, 0) is 10.0 Å². The lowest BCUT2D eigenvalue weighted by Gasteiger charge is -2.33. The van der Waals surface area contributed by atoms with Crippen LogP contribution < -0.4 is 0 Å². The Morgan fingerprint density at radius 1 is 0.963 bits per heavy atom. The number of carbonyl (C=O) groups excluding carboxylic acids is 2. The maximum atomic E-state index is 12.5. The van der Waals surface area contributed by atoms with Gasteiger partial charge in [0, 0.05) is 31.6 Å². The Balaban J connectivity index is 1.61. The highest BCUT2D eigenvalue weighted by atomic mass is 32.2. The van der Waals surface area contributed by atoms with Gasteiger partial charge in [-0.05, 0) is 30.7 Å².